The summed E-state index contributed by atoms with van der Waals surface area (Å²) in [6, 6.07) is 0. The van der Waals surface area contributed by atoms with Gasteiger partial charge in [-0.05, 0) is 75.2 Å². The molecule has 4 rings (SSSR count). The van der Waals surface area contributed by atoms with Crippen LogP contribution in [-0.4, -0.2) is 35.4 Å². The van der Waals surface area contributed by atoms with Crippen molar-refractivity contribution in [2.75, 3.05) is 13.2 Å². The lowest BCUT2D eigenvalue weighted by atomic mass is 9.41. The van der Waals surface area contributed by atoms with Gasteiger partial charge in [-0.1, -0.05) is 25.9 Å². The van der Waals surface area contributed by atoms with Crippen molar-refractivity contribution in [3.63, 3.8) is 0 Å². The summed E-state index contributed by atoms with van der Waals surface area (Å²) in [5.41, 5.74) is 5.59. The SMILES string of the molecule is CC1C[C@@H]2[C@@H](CC[C@]3(C)C(=O)CC[C@@H]23)[C@@]2(C)CCC(=NOCCCN)CC12O. The topological polar surface area (TPSA) is 84.9 Å². The summed E-state index contributed by atoms with van der Waals surface area (Å²) in [7, 11) is 0. The average Bonchev–Trinajstić information content (AvgIpc) is 2.96. The molecule has 0 bridgehead atoms. The van der Waals surface area contributed by atoms with E-state index < -0.39 is 5.60 Å². The summed E-state index contributed by atoms with van der Waals surface area (Å²) in [6.45, 7) is 7.92. The highest BCUT2D eigenvalue weighted by atomic mass is 16.6. The van der Waals surface area contributed by atoms with Crippen molar-refractivity contribution in [2.45, 2.75) is 84.2 Å². The van der Waals surface area contributed by atoms with Crippen LogP contribution < -0.4 is 5.73 Å². The molecule has 0 aromatic carbocycles. The van der Waals surface area contributed by atoms with E-state index in [1.807, 2.05) is 0 Å². The molecule has 28 heavy (non-hydrogen) atoms. The fourth-order valence-electron chi connectivity index (χ4n) is 7.61. The number of Topliss-reactive ketones (excluding diaryl/α,β-unsaturated/α-hetero) is 1. The van der Waals surface area contributed by atoms with Crippen molar-refractivity contribution in [1.82, 2.24) is 0 Å². The Bertz CT molecular complexity index is 664. The Morgan fingerprint density at radius 3 is 2.75 bits per heavy atom. The lowest BCUT2D eigenvalue weighted by Gasteiger charge is -2.65. The Labute approximate surface area is 169 Å². The molecule has 0 amide bonds. The molecule has 4 aliphatic carbocycles. The third-order valence-corrected chi connectivity index (χ3v) is 9.43. The second-order valence-corrected chi connectivity index (χ2v) is 10.6. The number of fused-ring (bicyclic) bond motifs is 5. The molecule has 0 heterocycles. The second-order valence-electron chi connectivity index (χ2n) is 10.6. The van der Waals surface area contributed by atoms with Gasteiger partial charge in [-0.3, -0.25) is 4.79 Å². The molecule has 2 unspecified atom stereocenters. The highest BCUT2D eigenvalue weighted by Crippen LogP contribution is 2.67. The zero-order valence-corrected chi connectivity index (χ0v) is 17.9. The number of hydrogen-bond donors (Lipinski definition) is 2. The molecule has 0 radical (unpaired) electrons. The van der Waals surface area contributed by atoms with E-state index in [1.165, 1.54) is 0 Å². The molecule has 0 saturated heterocycles. The van der Waals surface area contributed by atoms with Crippen LogP contribution in [0.15, 0.2) is 5.16 Å². The zero-order chi connectivity index (χ0) is 20.2. The maximum Gasteiger partial charge on any atom is 0.139 e. The van der Waals surface area contributed by atoms with Crippen LogP contribution >= 0.6 is 0 Å². The van der Waals surface area contributed by atoms with Gasteiger partial charge < -0.3 is 15.7 Å². The maximum absolute atomic E-state index is 12.6. The minimum atomic E-state index is -0.723. The van der Waals surface area contributed by atoms with Gasteiger partial charge in [0.2, 0.25) is 0 Å². The quantitative estimate of drug-likeness (QED) is 0.566. The lowest BCUT2D eigenvalue weighted by Crippen LogP contribution is -2.65. The van der Waals surface area contributed by atoms with Gasteiger partial charge in [-0.2, -0.15) is 0 Å². The molecule has 5 nitrogen and oxygen atoms in total. The van der Waals surface area contributed by atoms with Crippen LogP contribution in [-0.2, 0) is 9.63 Å². The number of aliphatic hydroxyl groups is 1. The van der Waals surface area contributed by atoms with E-state index in [4.69, 9.17) is 10.6 Å². The minimum absolute atomic E-state index is 0.0986. The van der Waals surface area contributed by atoms with E-state index in [2.05, 4.69) is 25.9 Å². The summed E-state index contributed by atoms with van der Waals surface area (Å²) in [6.07, 6.45) is 8.22. The third kappa shape index (κ3) is 2.79. The molecule has 7 atom stereocenters. The van der Waals surface area contributed by atoms with Crippen LogP contribution in [0.2, 0.25) is 0 Å². The number of rotatable bonds is 4. The van der Waals surface area contributed by atoms with Crippen LogP contribution in [0.1, 0.15) is 78.6 Å². The number of carbonyl (C=O) groups is 1. The molecular weight excluding hydrogens is 352 g/mol. The first-order valence-electron chi connectivity index (χ1n) is 11.4. The van der Waals surface area contributed by atoms with Gasteiger partial charge >= 0.3 is 0 Å². The Morgan fingerprint density at radius 2 is 2.00 bits per heavy atom. The van der Waals surface area contributed by atoms with Gasteiger partial charge in [0.25, 0.3) is 0 Å². The van der Waals surface area contributed by atoms with Crippen molar-refractivity contribution < 1.29 is 14.7 Å². The number of nitrogens with zero attached hydrogens (tertiary/aromatic N) is 1. The lowest BCUT2D eigenvalue weighted by molar-refractivity contribution is -0.214. The summed E-state index contributed by atoms with van der Waals surface area (Å²) >= 11 is 0. The second kappa shape index (κ2) is 7.09. The molecule has 0 spiro atoms. The predicted octanol–water partition coefficient (Wildman–Crippen LogP) is 3.68. The molecule has 0 aliphatic heterocycles. The first kappa shape index (κ1) is 20.3. The van der Waals surface area contributed by atoms with Crippen LogP contribution in [0, 0.1) is 34.5 Å². The number of oxime groups is 1. The number of carbonyl (C=O) groups excluding carboxylic acids is 1. The van der Waals surface area contributed by atoms with Gasteiger partial charge in [0.1, 0.15) is 12.4 Å². The smallest absolute Gasteiger partial charge is 0.139 e. The molecule has 0 aromatic rings. The van der Waals surface area contributed by atoms with E-state index >= 15 is 0 Å². The van der Waals surface area contributed by atoms with E-state index in [0.717, 1.165) is 57.1 Å². The van der Waals surface area contributed by atoms with Crippen LogP contribution in [0.3, 0.4) is 0 Å². The van der Waals surface area contributed by atoms with Gasteiger partial charge in [0.05, 0.1) is 11.3 Å². The van der Waals surface area contributed by atoms with Crippen molar-refractivity contribution >= 4 is 11.5 Å². The Balaban J connectivity index is 1.57. The van der Waals surface area contributed by atoms with E-state index in [-0.39, 0.29) is 16.7 Å². The Morgan fingerprint density at radius 1 is 1.21 bits per heavy atom. The van der Waals surface area contributed by atoms with Crippen molar-refractivity contribution in [1.29, 1.82) is 0 Å². The van der Waals surface area contributed by atoms with Gasteiger partial charge in [-0.25, -0.2) is 0 Å². The predicted molar refractivity (Wildman–Crippen MR) is 110 cm³/mol. The first-order valence-corrected chi connectivity index (χ1v) is 11.4. The number of ketones is 1. The highest BCUT2D eigenvalue weighted by Gasteiger charge is 2.66. The minimum Gasteiger partial charge on any atom is -0.396 e. The third-order valence-electron chi connectivity index (χ3n) is 9.43. The van der Waals surface area contributed by atoms with Gasteiger partial charge in [0.15, 0.2) is 0 Å². The van der Waals surface area contributed by atoms with Crippen molar-refractivity contribution in [3.05, 3.63) is 0 Å². The molecule has 3 N–H and O–H groups in total. The van der Waals surface area contributed by atoms with Crippen LogP contribution in [0.4, 0.5) is 0 Å². The van der Waals surface area contributed by atoms with E-state index in [0.29, 0.717) is 43.1 Å². The number of nitrogens with two attached hydrogens (primary N) is 1. The average molecular weight is 391 g/mol. The summed E-state index contributed by atoms with van der Waals surface area (Å²) in [5.74, 6) is 2.30. The summed E-state index contributed by atoms with van der Waals surface area (Å²) < 4.78 is 0. The molecule has 4 aliphatic rings. The molecule has 0 aromatic heterocycles. The van der Waals surface area contributed by atoms with Crippen LogP contribution in [0.25, 0.3) is 0 Å². The molecule has 158 valence electrons. The summed E-state index contributed by atoms with van der Waals surface area (Å²) in [4.78, 5) is 18.1. The molecule has 5 heteroatoms. The first-order chi connectivity index (χ1) is 13.3. The largest absolute Gasteiger partial charge is 0.396 e. The summed E-state index contributed by atoms with van der Waals surface area (Å²) in [5, 5.41) is 16.3. The van der Waals surface area contributed by atoms with Crippen molar-refractivity contribution in [2.24, 2.45) is 45.4 Å². The Hall–Kier alpha value is -0.940. The number of hydrogen-bond acceptors (Lipinski definition) is 5. The van der Waals surface area contributed by atoms with Gasteiger partial charge in [0, 0.05) is 23.7 Å². The fraction of sp³-hybridized carbons (Fsp3) is 0.913. The monoisotopic (exact) mass is 390 g/mol. The highest BCUT2D eigenvalue weighted by molar-refractivity contribution is 5.87. The fourth-order valence-corrected chi connectivity index (χ4v) is 7.61. The zero-order valence-electron chi connectivity index (χ0n) is 17.9. The van der Waals surface area contributed by atoms with Gasteiger partial charge in [-0.15, -0.1) is 0 Å². The molecule has 4 fully saturated rings. The van der Waals surface area contributed by atoms with E-state index in [9.17, 15) is 9.90 Å². The van der Waals surface area contributed by atoms with E-state index in [1.54, 1.807) is 0 Å². The normalized spacial score (nSPS) is 49.5. The standard InChI is InChI=1S/C23H38N2O3/c1-15-13-17-18-5-6-20(26)21(18,2)9-8-19(17)22(3)10-7-16(14-23(15,22)27)25-28-12-4-11-24/h15,17-19,27H,4-14,24H2,1-3H3/t15?,17-,18-,19+,21-,22+,23?/m0/s1. The van der Waals surface area contributed by atoms with Crippen LogP contribution in [0.5, 0.6) is 0 Å². The maximum atomic E-state index is 12.6. The molecule has 4 saturated carbocycles. The molecular formula is C23H38N2O3. The van der Waals surface area contributed by atoms with Crippen molar-refractivity contribution in [3.8, 4) is 0 Å². The Kier molecular flexibility index (Phi) is 5.15.